The van der Waals surface area contributed by atoms with Gasteiger partial charge < -0.3 is 9.64 Å². The molecule has 0 aliphatic carbocycles. The molecule has 146 valence electrons. The standard InChI is InChI=1S/C22H24N2O2S2/c1-15(27-17-12-10-16(26-2)11-13-17)22(25)24-14-6-5-8-19(24)21-23-18-7-3-4-9-20(18)28-21/h3-4,7,9-13,15,19H,5-6,8,14H2,1-2H3. The van der Waals surface area contributed by atoms with E-state index in [4.69, 9.17) is 9.72 Å². The number of hydrogen-bond acceptors (Lipinski definition) is 5. The first-order valence-corrected chi connectivity index (χ1v) is 11.3. The van der Waals surface area contributed by atoms with Gasteiger partial charge in [0.15, 0.2) is 0 Å². The Bertz CT molecular complexity index is 922. The molecule has 2 unspecified atom stereocenters. The maximum atomic E-state index is 13.3. The highest BCUT2D eigenvalue weighted by molar-refractivity contribution is 8.00. The lowest BCUT2D eigenvalue weighted by Crippen LogP contribution is -2.42. The summed E-state index contributed by atoms with van der Waals surface area (Å²) in [5.74, 6) is 1.03. The summed E-state index contributed by atoms with van der Waals surface area (Å²) >= 11 is 3.32. The molecule has 1 fully saturated rings. The molecule has 0 spiro atoms. The predicted octanol–water partition coefficient (Wildman–Crippen LogP) is 5.54. The molecule has 3 aromatic rings. The fourth-order valence-corrected chi connectivity index (χ4v) is 5.68. The first-order valence-electron chi connectivity index (χ1n) is 9.62. The van der Waals surface area contributed by atoms with Crippen molar-refractivity contribution in [3.8, 4) is 5.75 Å². The molecule has 4 rings (SSSR count). The van der Waals surface area contributed by atoms with E-state index in [1.54, 1.807) is 30.2 Å². The highest BCUT2D eigenvalue weighted by Crippen LogP contribution is 2.37. The molecule has 4 nitrogen and oxygen atoms in total. The van der Waals surface area contributed by atoms with Crippen molar-refractivity contribution in [1.82, 2.24) is 9.88 Å². The number of aromatic nitrogens is 1. The summed E-state index contributed by atoms with van der Waals surface area (Å²) < 4.78 is 6.41. The van der Waals surface area contributed by atoms with Crippen LogP contribution in [-0.2, 0) is 4.79 Å². The van der Waals surface area contributed by atoms with E-state index in [0.717, 1.165) is 47.0 Å². The molecule has 2 aromatic carbocycles. The summed E-state index contributed by atoms with van der Waals surface area (Å²) in [6.45, 7) is 2.81. The van der Waals surface area contributed by atoms with Crippen molar-refractivity contribution in [2.45, 2.75) is 42.4 Å². The maximum Gasteiger partial charge on any atom is 0.236 e. The van der Waals surface area contributed by atoms with Crippen LogP contribution < -0.4 is 4.74 Å². The van der Waals surface area contributed by atoms with E-state index in [1.807, 2.05) is 49.4 Å². The molecule has 6 heteroatoms. The smallest absolute Gasteiger partial charge is 0.236 e. The van der Waals surface area contributed by atoms with Crippen molar-refractivity contribution in [3.05, 3.63) is 53.5 Å². The Morgan fingerprint density at radius 1 is 1.21 bits per heavy atom. The van der Waals surface area contributed by atoms with Crippen LogP contribution in [0.2, 0.25) is 0 Å². The lowest BCUT2D eigenvalue weighted by molar-refractivity contribution is -0.134. The van der Waals surface area contributed by atoms with Crippen LogP contribution in [0.3, 0.4) is 0 Å². The second-order valence-corrected chi connectivity index (χ2v) is 9.48. The number of thioether (sulfide) groups is 1. The Hall–Kier alpha value is -2.05. The third-order valence-electron chi connectivity index (χ3n) is 5.10. The third kappa shape index (κ3) is 4.03. The Morgan fingerprint density at radius 3 is 2.75 bits per heavy atom. The normalized spacial score (nSPS) is 18.2. The average Bonchev–Trinajstić information content (AvgIpc) is 3.18. The molecule has 2 atom stereocenters. The molecule has 0 saturated carbocycles. The number of piperidine rings is 1. The van der Waals surface area contributed by atoms with E-state index >= 15 is 0 Å². The number of methoxy groups -OCH3 is 1. The van der Waals surface area contributed by atoms with Crippen LogP contribution >= 0.6 is 23.1 Å². The zero-order valence-electron chi connectivity index (χ0n) is 16.1. The van der Waals surface area contributed by atoms with Gasteiger partial charge in [-0.15, -0.1) is 23.1 Å². The zero-order valence-corrected chi connectivity index (χ0v) is 17.8. The average molecular weight is 413 g/mol. The number of amides is 1. The lowest BCUT2D eigenvalue weighted by Gasteiger charge is -2.36. The largest absolute Gasteiger partial charge is 0.497 e. The number of likely N-dealkylation sites (tertiary alicyclic amines) is 1. The van der Waals surface area contributed by atoms with Gasteiger partial charge >= 0.3 is 0 Å². The topological polar surface area (TPSA) is 42.4 Å². The molecule has 0 N–H and O–H groups in total. The third-order valence-corrected chi connectivity index (χ3v) is 7.34. The minimum absolute atomic E-state index is 0.0950. The summed E-state index contributed by atoms with van der Waals surface area (Å²) in [4.78, 5) is 21.3. The second-order valence-electron chi connectivity index (χ2n) is 7.00. The Morgan fingerprint density at radius 2 is 2.00 bits per heavy atom. The molecule has 2 heterocycles. The maximum absolute atomic E-state index is 13.3. The van der Waals surface area contributed by atoms with Gasteiger partial charge in [0.1, 0.15) is 10.8 Å². The number of para-hydroxylation sites is 1. The second kappa shape index (κ2) is 8.53. The monoisotopic (exact) mass is 412 g/mol. The van der Waals surface area contributed by atoms with Crippen molar-refractivity contribution in [3.63, 3.8) is 0 Å². The molecular formula is C22H24N2O2S2. The van der Waals surface area contributed by atoms with Gasteiger partial charge in [-0.25, -0.2) is 4.98 Å². The van der Waals surface area contributed by atoms with E-state index in [0.29, 0.717) is 0 Å². The molecule has 1 aliphatic heterocycles. The number of rotatable bonds is 5. The fourth-order valence-electron chi connectivity index (χ4n) is 3.63. The van der Waals surface area contributed by atoms with E-state index in [-0.39, 0.29) is 17.2 Å². The van der Waals surface area contributed by atoms with E-state index in [2.05, 4.69) is 11.0 Å². The van der Waals surface area contributed by atoms with Crippen molar-refractivity contribution in [2.75, 3.05) is 13.7 Å². The van der Waals surface area contributed by atoms with Gasteiger partial charge in [-0.05, 0) is 62.6 Å². The molecule has 0 radical (unpaired) electrons. The summed E-state index contributed by atoms with van der Waals surface area (Å²) in [5, 5.41) is 0.930. The van der Waals surface area contributed by atoms with Gasteiger partial charge in [-0.2, -0.15) is 0 Å². The van der Waals surface area contributed by atoms with Crippen molar-refractivity contribution < 1.29 is 9.53 Å². The summed E-state index contributed by atoms with van der Waals surface area (Å²) in [7, 11) is 1.66. The number of carbonyl (C=O) groups excluding carboxylic acids is 1. The van der Waals surface area contributed by atoms with Crippen LogP contribution in [-0.4, -0.2) is 34.7 Å². The van der Waals surface area contributed by atoms with Crippen LogP contribution in [0.4, 0.5) is 0 Å². The summed E-state index contributed by atoms with van der Waals surface area (Å²) in [6.07, 6.45) is 3.20. The van der Waals surface area contributed by atoms with Gasteiger partial charge in [0.05, 0.1) is 28.6 Å². The molecular weight excluding hydrogens is 388 g/mol. The van der Waals surface area contributed by atoms with Crippen LogP contribution in [0.15, 0.2) is 53.4 Å². The molecule has 0 bridgehead atoms. The molecule has 1 amide bonds. The first kappa shape index (κ1) is 19.3. The number of ether oxygens (including phenoxy) is 1. The van der Waals surface area contributed by atoms with Crippen molar-refractivity contribution >= 4 is 39.2 Å². The lowest BCUT2D eigenvalue weighted by atomic mass is 10.0. The molecule has 1 aliphatic rings. The Labute approximate surface area is 173 Å². The highest BCUT2D eigenvalue weighted by Gasteiger charge is 2.32. The van der Waals surface area contributed by atoms with E-state index in [9.17, 15) is 4.79 Å². The zero-order chi connectivity index (χ0) is 19.5. The van der Waals surface area contributed by atoms with Gasteiger partial charge in [-0.1, -0.05) is 12.1 Å². The Kier molecular flexibility index (Phi) is 5.87. The number of carbonyl (C=O) groups is 1. The molecule has 1 saturated heterocycles. The van der Waals surface area contributed by atoms with Gasteiger partial charge in [0.2, 0.25) is 5.91 Å². The minimum atomic E-state index is -0.136. The van der Waals surface area contributed by atoms with Gasteiger partial charge in [0.25, 0.3) is 0 Å². The van der Waals surface area contributed by atoms with Crippen LogP contribution in [0.5, 0.6) is 5.75 Å². The number of nitrogens with zero attached hydrogens (tertiary/aromatic N) is 2. The van der Waals surface area contributed by atoms with E-state index < -0.39 is 0 Å². The van der Waals surface area contributed by atoms with Crippen LogP contribution in [0.25, 0.3) is 10.2 Å². The predicted molar refractivity (Wildman–Crippen MR) is 116 cm³/mol. The quantitative estimate of drug-likeness (QED) is 0.516. The fraction of sp³-hybridized carbons (Fsp3) is 0.364. The highest BCUT2D eigenvalue weighted by atomic mass is 32.2. The summed E-state index contributed by atoms with van der Waals surface area (Å²) in [6, 6.07) is 16.2. The summed E-state index contributed by atoms with van der Waals surface area (Å²) in [5.41, 5.74) is 1.03. The number of fused-ring (bicyclic) bond motifs is 1. The van der Waals surface area contributed by atoms with Crippen LogP contribution in [0, 0.1) is 0 Å². The Balaban J connectivity index is 1.51. The van der Waals surface area contributed by atoms with E-state index in [1.165, 1.54) is 4.70 Å². The minimum Gasteiger partial charge on any atom is -0.497 e. The van der Waals surface area contributed by atoms with Gasteiger partial charge in [0, 0.05) is 11.4 Å². The molecule has 1 aromatic heterocycles. The van der Waals surface area contributed by atoms with Crippen LogP contribution in [0.1, 0.15) is 37.2 Å². The molecule has 28 heavy (non-hydrogen) atoms. The number of thiazole rings is 1. The number of hydrogen-bond donors (Lipinski definition) is 0. The van der Waals surface area contributed by atoms with Crippen molar-refractivity contribution in [2.24, 2.45) is 0 Å². The van der Waals surface area contributed by atoms with Crippen molar-refractivity contribution in [1.29, 1.82) is 0 Å². The number of benzene rings is 2. The first-order chi connectivity index (χ1) is 13.7. The van der Waals surface area contributed by atoms with Gasteiger partial charge in [-0.3, -0.25) is 4.79 Å². The SMILES string of the molecule is COc1ccc(SC(C)C(=O)N2CCCCC2c2nc3ccccc3s2)cc1.